The number of hydrogen-bond donors (Lipinski definition) is 7. The number of nitrogens with two attached hydrogens (primary N) is 4. The van der Waals surface area contributed by atoms with Crippen LogP contribution < -0.4 is 28.3 Å². The van der Waals surface area contributed by atoms with E-state index >= 15 is 0 Å². The number of aromatic amines is 1. The minimum atomic E-state index is -2.75. The molecule has 1 aromatic carbocycles. The van der Waals surface area contributed by atoms with Crippen molar-refractivity contribution in [3.05, 3.63) is 54.1 Å². The Morgan fingerprint density at radius 1 is 0.981 bits per heavy atom. The molecule has 1 amide bonds. The molecule has 0 bridgehead atoms. The molecule has 0 aliphatic heterocycles. The van der Waals surface area contributed by atoms with E-state index in [9.17, 15) is 29.1 Å². The highest BCUT2D eigenvalue weighted by Gasteiger charge is 2.64. The summed E-state index contributed by atoms with van der Waals surface area (Å²) in [5, 5.41) is 15.5. The highest BCUT2D eigenvalue weighted by molar-refractivity contribution is 6.11. The van der Waals surface area contributed by atoms with E-state index in [1.165, 1.54) is 12.5 Å². The Balaban J connectivity index is 2.34. The van der Waals surface area contributed by atoms with Crippen LogP contribution in [0.25, 0.3) is 0 Å². The highest BCUT2D eigenvalue weighted by Crippen LogP contribution is 2.44. The molecule has 8 atom stereocenters. The molecule has 300 valence electrons. The average Bonchev–Trinajstić information content (AvgIpc) is 3.66. The summed E-state index contributed by atoms with van der Waals surface area (Å²) < 4.78 is 10.9. The van der Waals surface area contributed by atoms with Gasteiger partial charge < -0.3 is 47.8 Å². The van der Waals surface area contributed by atoms with Gasteiger partial charge >= 0.3 is 11.9 Å². The zero-order chi connectivity index (χ0) is 40.4. The largest absolute Gasteiger partial charge is 0.467 e. The molecule has 15 nitrogen and oxygen atoms in total. The maximum Gasteiger partial charge on any atom is 0.328 e. The van der Waals surface area contributed by atoms with Gasteiger partial charge in [0.25, 0.3) is 0 Å². The Kier molecular flexibility index (Phi) is 15.6. The summed E-state index contributed by atoms with van der Waals surface area (Å²) in [5.74, 6) is -8.21. The van der Waals surface area contributed by atoms with E-state index in [4.69, 9.17) is 32.4 Å². The lowest BCUT2D eigenvalue weighted by Crippen LogP contribution is -2.74. The van der Waals surface area contributed by atoms with Gasteiger partial charge in [-0.1, -0.05) is 69.9 Å². The molecule has 3 rings (SSSR count). The molecule has 0 saturated heterocycles. The number of imidazole rings is 1. The number of H-pyrrole nitrogens is 1. The molecule has 1 fully saturated rings. The number of aliphatic hydroxyl groups is 1. The van der Waals surface area contributed by atoms with Crippen LogP contribution in [0.2, 0.25) is 0 Å². The SMILES string of the molecule is CC[C@H](C)[C@H](NC(=O)C(CN)(C(=O)[C@@H](N)Cc1cnc[nH]1)C(O)C(C(=O)OC(C)(C)C)C(N)(C(=O)[C@@H](N)Cc1ccccc1)C1CCCCC1)C(=O)OC. The molecule has 4 unspecified atom stereocenters. The maximum absolute atomic E-state index is 14.9. The predicted octanol–water partition coefficient (Wildman–Crippen LogP) is 1.23. The average molecular weight is 756 g/mol. The number of methoxy groups -OCH3 is 1. The van der Waals surface area contributed by atoms with Crippen LogP contribution in [0.15, 0.2) is 42.9 Å². The number of Topliss-reactive ketones (excluding diaryl/α,β-unsaturated/α-hetero) is 2. The van der Waals surface area contributed by atoms with Crippen molar-refractivity contribution < 1.29 is 38.6 Å². The van der Waals surface area contributed by atoms with Crippen molar-refractivity contribution in [1.29, 1.82) is 0 Å². The molecule has 54 heavy (non-hydrogen) atoms. The van der Waals surface area contributed by atoms with Crippen molar-refractivity contribution in [3.63, 3.8) is 0 Å². The number of nitrogens with one attached hydrogen (secondary N) is 2. The van der Waals surface area contributed by atoms with Crippen LogP contribution in [0.5, 0.6) is 0 Å². The van der Waals surface area contributed by atoms with Crippen LogP contribution in [0.1, 0.15) is 84.4 Å². The number of ether oxygens (including phenoxy) is 2. The Bertz CT molecular complexity index is 1560. The summed E-state index contributed by atoms with van der Waals surface area (Å²) in [6, 6.07) is 4.96. The summed E-state index contributed by atoms with van der Waals surface area (Å²) in [7, 11) is 1.15. The number of esters is 2. The third kappa shape index (κ3) is 9.99. The summed E-state index contributed by atoms with van der Waals surface area (Å²) >= 11 is 0. The Morgan fingerprint density at radius 3 is 2.11 bits per heavy atom. The van der Waals surface area contributed by atoms with Gasteiger partial charge in [0.1, 0.15) is 23.0 Å². The normalized spacial score (nSPS) is 19.5. The van der Waals surface area contributed by atoms with E-state index in [2.05, 4.69) is 15.3 Å². The van der Waals surface area contributed by atoms with E-state index in [0.29, 0.717) is 37.8 Å². The van der Waals surface area contributed by atoms with Gasteiger partial charge in [0.2, 0.25) is 5.91 Å². The molecule has 11 N–H and O–H groups in total. The van der Waals surface area contributed by atoms with Crippen molar-refractivity contribution in [2.24, 2.45) is 46.1 Å². The summed E-state index contributed by atoms with van der Waals surface area (Å²) in [6.45, 7) is 7.37. The molecule has 15 heteroatoms. The number of carbonyl (C=O) groups is 5. The molecular formula is C39H61N7O8. The molecule has 1 heterocycles. The number of nitrogens with zero attached hydrogens (tertiary/aromatic N) is 1. The van der Waals surface area contributed by atoms with Crippen LogP contribution in [-0.2, 0) is 46.3 Å². The van der Waals surface area contributed by atoms with Crippen molar-refractivity contribution in [1.82, 2.24) is 15.3 Å². The van der Waals surface area contributed by atoms with Crippen LogP contribution >= 0.6 is 0 Å². The molecule has 0 spiro atoms. The van der Waals surface area contributed by atoms with Gasteiger partial charge in [-0.15, -0.1) is 0 Å². The lowest BCUT2D eigenvalue weighted by atomic mass is 9.58. The summed E-state index contributed by atoms with van der Waals surface area (Å²) in [5.41, 5.74) is 21.9. The van der Waals surface area contributed by atoms with Crippen molar-refractivity contribution in [2.75, 3.05) is 13.7 Å². The minimum absolute atomic E-state index is 0.0503. The molecular weight excluding hydrogens is 694 g/mol. The fourth-order valence-corrected chi connectivity index (χ4v) is 7.53. The summed E-state index contributed by atoms with van der Waals surface area (Å²) in [6.07, 6.45) is 3.66. The third-order valence-electron chi connectivity index (χ3n) is 10.8. The fourth-order valence-electron chi connectivity index (χ4n) is 7.53. The maximum atomic E-state index is 14.9. The number of amides is 1. The quantitative estimate of drug-likeness (QED) is 0.0787. The van der Waals surface area contributed by atoms with E-state index in [1.54, 1.807) is 58.9 Å². The number of rotatable bonds is 19. The van der Waals surface area contributed by atoms with E-state index in [0.717, 1.165) is 19.1 Å². The first-order valence-corrected chi connectivity index (χ1v) is 18.8. The monoisotopic (exact) mass is 755 g/mol. The Morgan fingerprint density at radius 2 is 1.59 bits per heavy atom. The number of aromatic nitrogens is 2. The first-order valence-electron chi connectivity index (χ1n) is 18.8. The lowest BCUT2D eigenvalue weighted by Gasteiger charge is -2.49. The van der Waals surface area contributed by atoms with Gasteiger partial charge in [0.15, 0.2) is 11.6 Å². The third-order valence-corrected chi connectivity index (χ3v) is 10.8. The predicted molar refractivity (Wildman–Crippen MR) is 202 cm³/mol. The van der Waals surface area contributed by atoms with Gasteiger partial charge in [-0.3, -0.25) is 19.2 Å². The molecule has 0 radical (unpaired) electrons. The number of carbonyl (C=O) groups excluding carboxylic acids is 5. The smallest absolute Gasteiger partial charge is 0.328 e. The second-order valence-electron chi connectivity index (χ2n) is 15.7. The van der Waals surface area contributed by atoms with Crippen LogP contribution in [0, 0.1) is 23.2 Å². The van der Waals surface area contributed by atoms with E-state index in [-0.39, 0.29) is 12.8 Å². The zero-order valence-corrected chi connectivity index (χ0v) is 32.5. The first kappa shape index (κ1) is 44.4. The van der Waals surface area contributed by atoms with Gasteiger partial charge in [0, 0.05) is 24.9 Å². The van der Waals surface area contributed by atoms with Gasteiger partial charge in [-0.25, -0.2) is 9.78 Å². The van der Waals surface area contributed by atoms with Gasteiger partial charge in [-0.05, 0) is 57.4 Å². The standard InChI is InChI=1S/C39H61N7O8/c1-7-23(2)30(35(51)53-6)46-36(52)38(21-40,31(47)28(42)19-26-20-44-22-45-26)33(49)29(34(50)54-37(3,4)5)39(43,25-16-12-9-13-17-25)32(48)27(41)18-24-14-10-8-11-15-24/h8,10-11,14-15,20,22-23,25,27-30,33,49H,7,9,12-13,16-19,21,40-43H2,1-6H3,(H,44,45)(H,46,52)/t23-,27-,28-,29?,30-,33?,38?,39?/m0/s1. The second-order valence-corrected chi connectivity index (χ2v) is 15.7. The lowest BCUT2D eigenvalue weighted by molar-refractivity contribution is -0.181. The highest BCUT2D eigenvalue weighted by atomic mass is 16.6. The van der Waals surface area contributed by atoms with E-state index < -0.39 is 94.5 Å². The van der Waals surface area contributed by atoms with Gasteiger partial charge in [0.05, 0.1) is 37.2 Å². The molecule has 1 saturated carbocycles. The minimum Gasteiger partial charge on any atom is -0.467 e. The number of aliphatic hydroxyl groups excluding tert-OH is 1. The van der Waals surface area contributed by atoms with Crippen LogP contribution in [0.3, 0.4) is 0 Å². The molecule has 1 aromatic heterocycles. The van der Waals surface area contributed by atoms with Crippen LogP contribution in [0.4, 0.5) is 0 Å². The van der Waals surface area contributed by atoms with Crippen molar-refractivity contribution in [2.45, 2.75) is 121 Å². The number of ketones is 2. The zero-order valence-electron chi connectivity index (χ0n) is 32.5. The van der Waals surface area contributed by atoms with Crippen molar-refractivity contribution in [3.8, 4) is 0 Å². The molecule has 1 aliphatic rings. The first-order chi connectivity index (χ1) is 25.4. The topological polar surface area (TPSA) is 269 Å². The fraction of sp³-hybridized carbons (Fsp3) is 0.641. The Hall–Kier alpha value is -4.02. The van der Waals surface area contributed by atoms with E-state index in [1.807, 2.05) is 6.07 Å². The second kappa shape index (κ2) is 19.0. The van der Waals surface area contributed by atoms with Crippen molar-refractivity contribution >= 4 is 29.4 Å². The number of benzene rings is 1. The molecule has 1 aliphatic carbocycles. The molecule has 2 aromatic rings. The Labute approximate surface area is 318 Å². The summed E-state index contributed by atoms with van der Waals surface area (Å²) in [4.78, 5) is 79.2. The van der Waals surface area contributed by atoms with Gasteiger partial charge in [-0.2, -0.15) is 0 Å². The number of hydrogen-bond acceptors (Lipinski definition) is 13. The van der Waals surface area contributed by atoms with Crippen LogP contribution in [-0.4, -0.2) is 93.5 Å².